The van der Waals surface area contributed by atoms with Gasteiger partial charge in [-0.15, -0.1) is 10.2 Å². The van der Waals surface area contributed by atoms with E-state index in [-0.39, 0.29) is 0 Å². The van der Waals surface area contributed by atoms with Gasteiger partial charge in [0.05, 0.1) is 11.4 Å². The summed E-state index contributed by atoms with van der Waals surface area (Å²) in [4.78, 5) is 0. The third-order valence-corrected chi connectivity index (χ3v) is 3.65. The van der Waals surface area contributed by atoms with Gasteiger partial charge in [0, 0.05) is 0 Å². The zero-order valence-electron chi connectivity index (χ0n) is 12.8. The van der Waals surface area contributed by atoms with Crippen molar-refractivity contribution < 1.29 is 0 Å². The molecule has 104 valence electrons. The predicted molar refractivity (Wildman–Crippen MR) is 85.3 cm³/mol. The van der Waals surface area contributed by atoms with E-state index < -0.39 is 0 Å². The van der Waals surface area contributed by atoms with E-state index >= 15 is 0 Å². The van der Waals surface area contributed by atoms with E-state index in [1.54, 1.807) is 0 Å². The van der Waals surface area contributed by atoms with Gasteiger partial charge in [-0.2, -0.15) is 0 Å². The molecule has 0 aliphatic rings. The topological polar surface area (TPSA) is 24.7 Å². The molecule has 0 N–H and O–H groups in total. The summed E-state index contributed by atoms with van der Waals surface area (Å²) < 4.78 is 0. The Hall–Kier alpha value is -1.96. The van der Waals surface area contributed by atoms with Crippen molar-refractivity contribution in [1.82, 2.24) is 0 Å². The molecule has 2 nitrogen and oxygen atoms in total. The molecular formula is C18H22N2. The minimum atomic E-state index is 0.977. The van der Waals surface area contributed by atoms with Gasteiger partial charge in [0.25, 0.3) is 0 Å². The van der Waals surface area contributed by atoms with Crippen molar-refractivity contribution in [1.29, 1.82) is 0 Å². The molecule has 0 bridgehead atoms. The third kappa shape index (κ3) is 2.96. The molecule has 0 unspecified atom stereocenters. The summed E-state index contributed by atoms with van der Waals surface area (Å²) in [5.74, 6) is 0. The normalized spacial score (nSPS) is 11.2. The Bertz CT molecular complexity index is 572. The minimum Gasteiger partial charge on any atom is -0.150 e. The van der Waals surface area contributed by atoms with Gasteiger partial charge in [-0.25, -0.2) is 0 Å². The molecule has 0 spiro atoms. The van der Waals surface area contributed by atoms with Gasteiger partial charge in [0.1, 0.15) is 0 Å². The second kappa shape index (κ2) is 6.47. The van der Waals surface area contributed by atoms with Gasteiger partial charge in [-0.3, -0.25) is 0 Å². The van der Waals surface area contributed by atoms with Crippen molar-refractivity contribution in [3.63, 3.8) is 0 Å². The molecular weight excluding hydrogens is 244 g/mol. The van der Waals surface area contributed by atoms with Gasteiger partial charge < -0.3 is 0 Å². The molecule has 0 saturated carbocycles. The first kappa shape index (κ1) is 14.4. The Balaban J connectivity index is 2.45. The predicted octanol–water partition coefficient (Wildman–Crippen LogP) is 5.84. The molecule has 0 aliphatic heterocycles. The monoisotopic (exact) mass is 266 g/mol. The zero-order chi connectivity index (χ0) is 14.5. The van der Waals surface area contributed by atoms with E-state index in [9.17, 15) is 0 Å². The summed E-state index contributed by atoms with van der Waals surface area (Å²) >= 11 is 0. The van der Waals surface area contributed by atoms with Crippen molar-refractivity contribution >= 4 is 11.4 Å². The van der Waals surface area contributed by atoms with Crippen molar-refractivity contribution in [2.24, 2.45) is 10.2 Å². The summed E-state index contributed by atoms with van der Waals surface area (Å²) in [6.45, 7) is 8.48. The number of hydrogen-bond acceptors (Lipinski definition) is 2. The van der Waals surface area contributed by atoms with Gasteiger partial charge in [0.15, 0.2) is 0 Å². The molecule has 0 amide bonds. The van der Waals surface area contributed by atoms with E-state index in [1.807, 2.05) is 0 Å². The molecule has 0 saturated heterocycles. The van der Waals surface area contributed by atoms with Crippen LogP contribution in [0, 0.1) is 13.8 Å². The van der Waals surface area contributed by atoms with Crippen LogP contribution in [0.3, 0.4) is 0 Å². The first-order valence-corrected chi connectivity index (χ1v) is 7.26. The van der Waals surface area contributed by atoms with Crippen LogP contribution < -0.4 is 0 Å². The average Bonchev–Trinajstić information content (AvgIpc) is 2.46. The van der Waals surface area contributed by atoms with E-state index in [1.165, 1.54) is 22.3 Å². The molecule has 0 fully saturated rings. The summed E-state index contributed by atoms with van der Waals surface area (Å²) in [6.07, 6.45) is 1.95. The molecule has 2 aromatic carbocycles. The standard InChI is InChI=1S/C18H22N2/c1-5-15-11-7-9-13(3)17(15)19-20-18-14(4)10-8-12-16(18)6-2/h7-12H,5-6H2,1-4H3. The van der Waals surface area contributed by atoms with Gasteiger partial charge in [-0.05, 0) is 48.9 Å². The first-order valence-electron chi connectivity index (χ1n) is 7.26. The number of rotatable bonds is 4. The molecule has 0 radical (unpaired) electrons. The highest BCUT2D eigenvalue weighted by Crippen LogP contribution is 2.30. The maximum absolute atomic E-state index is 4.54. The molecule has 2 aromatic rings. The van der Waals surface area contributed by atoms with Crippen molar-refractivity contribution in [3.8, 4) is 0 Å². The summed E-state index contributed by atoms with van der Waals surface area (Å²) in [7, 11) is 0. The fourth-order valence-electron chi connectivity index (χ4n) is 2.40. The highest BCUT2D eigenvalue weighted by Gasteiger charge is 2.05. The summed E-state index contributed by atoms with van der Waals surface area (Å²) in [6, 6.07) is 12.6. The van der Waals surface area contributed by atoms with Crippen LogP contribution in [0.1, 0.15) is 36.1 Å². The molecule has 20 heavy (non-hydrogen) atoms. The van der Waals surface area contributed by atoms with Crippen LogP contribution in [0.2, 0.25) is 0 Å². The quantitative estimate of drug-likeness (QED) is 0.621. The minimum absolute atomic E-state index is 0.977. The van der Waals surface area contributed by atoms with Crippen molar-refractivity contribution in [2.45, 2.75) is 40.5 Å². The van der Waals surface area contributed by atoms with Crippen LogP contribution >= 0.6 is 0 Å². The lowest BCUT2D eigenvalue weighted by molar-refractivity contribution is 1.07. The summed E-state index contributed by atoms with van der Waals surface area (Å²) in [5, 5.41) is 9.08. The maximum atomic E-state index is 4.54. The fourth-order valence-corrected chi connectivity index (χ4v) is 2.40. The Morgan fingerprint density at radius 2 is 1.10 bits per heavy atom. The Labute approximate surface area is 121 Å². The highest BCUT2D eigenvalue weighted by atomic mass is 15.1. The number of hydrogen-bond donors (Lipinski definition) is 0. The molecule has 2 heteroatoms. The second-order valence-corrected chi connectivity index (χ2v) is 5.07. The zero-order valence-corrected chi connectivity index (χ0v) is 12.8. The Kier molecular flexibility index (Phi) is 4.67. The number of aryl methyl sites for hydroxylation is 4. The third-order valence-electron chi connectivity index (χ3n) is 3.65. The number of nitrogens with zero attached hydrogens (tertiary/aromatic N) is 2. The van der Waals surface area contributed by atoms with Crippen molar-refractivity contribution in [2.75, 3.05) is 0 Å². The molecule has 0 atom stereocenters. The van der Waals surface area contributed by atoms with Crippen molar-refractivity contribution in [3.05, 3.63) is 58.7 Å². The lowest BCUT2D eigenvalue weighted by atomic mass is 10.1. The molecule has 2 rings (SSSR count). The maximum Gasteiger partial charge on any atom is 0.0918 e. The van der Waals surface area contributed by atoms with E-state index in [4.69, 9.17) is 0 Å². The van der Waals surface area contributed by atoms with Crippen LogP contribution in [0.5, 0.6) is 0 Å². The van der Waals surface area contributed by atoms with Crippen LogP contribution in [0.15, 0.2) is 46.6 Å². The van der Waals surface area contributed by atoms with Crippen LogP contribution in [-0.2, 0) is 12.8 Å². The van der Waals surface area contributed by atoms with Crippen LogP contribution in [-0.4, -0.2) is 0 Å². The number of azo groups is 1. The first-order chi connectivity index (χ1) is 9.67. The van der Waals surface area contributed by atoms with Gasteiger partial charge >= 0.3 is 0 Å². The Morgan fingerprint density at radius 1 is 0.700 bits per heavy atom. The molecule has 0 aliphatic carbocycles. The lowest BCUT2D eigenvalue weighted by Crippen LogP contribution is -1.86. The smallest absolute Gasteiger partial charge is 0.0918 e. The Morgan fingerprint density at radius 3 is 1.45 bits per heavy atom. The van der Waals surface area contributed by atoms with Gasteiger partial charge in [0.2, 0.25) is 0 Å². The van der Waals surface area contributed by atoms with Crippen LogP contribution in [0.4, 0.5) is 11.4 Å². The SMILES string of the molecule is CCc1cccc(C)c1N=Nc1c(C)cccc1CC. The summed E-state index contributed by atoms with van der Waals surface area (Å²) in [5.41, 5.74) is 6.89. The highest BCUT2D eigenvalue weighted by molar-refractivity contribution is 5.55. The lowest BCUT2D eigenvalue weighted by Gasteiger charge is -2.07. The second-order valence-electron chi connectivity index (χ2n) is 5.07. The van der Waals surface area contributed by atoms with E-state index in [2.05, 4.69) is 74.3 Å². The number of benzene rings is 2. The van der Waals surface area contributed by atoms with Crippen LogP contribution in [0.25, 0.3) is 0 Å². The largest absolute Gasteiger partial charge is 0.150 e. The molecule has 0 heterocycles. The molecule has 0 aromatic heterocycles. The fraction of sp³-hybridized carbons (Fsp3) is 0.333. The van der Waals surface area contributed by atoms with E-state index in [0.29, 0.717) is 0 Å². The van der Waals surface area contributed by atoms with E-state index in [0.717, 1.165) is 24.2 Å². The van der Waals surface area contributed by atoms with Gasteiger partial charge in [-0.1, -0.05) is 50.2 Å². The average molecular weight is 266 g/mol.